The highest BCUT2D eigenvalue weighted by molar-refractivity contribution is 5.32. The second kappa shape index (κ2) is 2.85. The van der Waals surface area contributed by atoms with E-state index in [-0.39, 0.29) is 6.04 Å². The van der Waals surface area contributed by atoms with Crippen molar-refractivity contribution in [2.45, 2.75) is 44.6 Å². The van der Waals surface area contributed by atoms with Gasteiger partial charge in [-0.25, -0.2) is 0 Å². The smallest absolute Gasteiger partial charge is 0.0524 e. The molecule has 1 spiro atoms. The minimum absolute atomic E-state index is 0.252. The number of hydrogen-bond donors (Lipinski definition) is 1. The monoisotopic (exact) mass is 205 g/mol. The Balaban J connectivity index is 2.10. The number of fused-ring (bicyclic) bond motifs is 1. The molecule has 2 aliphatic rings. The molecule has 2 atom stereocenters. The largest absolute Gasteiger partial charge is 0.327 e. The van der Waals surface area contributed by atoms with Crippen LogP contribution in [0.15, 0.2) is 6.20 Å². The molecule has 15 heavy (non-hydrogen) atoms. The third-order valence-electron chi connectivity index (χ3n) is 4.33. The molecule has 0 radical (unpaired) electrons. The summed E-state index contributed by atoms with van der Waals surface area (Å²) in [6.45, 7) is 2.15. The average molecular weight is 205 g/mol. The summed E-state index contributed by atoms with van der Waals surface area (Å²) in [6.07, 6.45) is 7.28. The molecule has 2 N–H and O–H groups in total. The fourth-order valence-electron chi connectivity index (χ4n) is 3.44. The van der Waals surface area contributed by atoms with Gasteiger partial charge in [0.2, 0.25) is 0 Å². The highest BCUT2D eigenvalue weighted by Crippen LogP contribution is 2.62. The van der Waals surface area contributed by atoms with Gasteiger partial charge in [-0.2, -0.15) is 5.10 Å². The standard InChI is InChI=1S/C12H19N3/c1-8(13)10-11-9(7-14-15(11)2)3-4-12(10)5-6-12/h7-8,10H,3-6,13H2,1-2H3. The molecule has 1 heterocycles. The van der Waals surface area contributed by atoms with Crippen molar-refractivity contribution in [3.8, 4) is 0 Å². The van der Waals surface area contributed by atoms with E-state index in [1.165, 1.54) is 36.9 Å². The molecule has 82 valence electrons. The summed E-state index contributed by atoms with van der Waals surface area (Å²) in [5.41, 5.74) is 9.56. The van der Waals surface area contributed by atoms with E-state index in [4.69, 9.17) is 5.73 Å². The predicted octanol–water partition coefficient (Wildman–Crippen LogP) is 1.58. The summed E-state index contributed by atoms with van der Waals surface area (Å²) in [5, 5.41) is 4.39. The lowest BCUT2D eigenvalue weighted by Crippen LogP contribution is -2.36. The van der Waals surface area contributed by atoms with Crippen LogP contribution in [0.1, 0.15) is 43.4 Å². The first kappa shape index (κ1) is 9.40. The van der Waals surface area contributed by atoms with Gasteiger partial charge in [-0.05, 0) is 43.6 Å². The van der Waals surface area contributed by atoms with E-state index < -0.39 is 0 Å². The fourth-order valence-corrected chi connectivity index (χ4v) is 3.44. The van der Waals surface area contributed by atoms with Crippen molar-refractivity contribution >= 4 is 0 Å². The molecule has 0 bridgehead atoms. The Morgan fingerprint density at radius 2 is 2.27 bits per heavy atom. The zero-order valence-corrected chi connectivity index (χ0v) is 9.53. The van der Waals surface area contributed by atoms with Crippen LogP contribution in [-0.4, -0.2) is 15.8 Å². The zero-order valence-electron chi connectivity index (χ0n) is 9.53. The Hall–Kier alpha value is -0.830. The maximum absolute atomic E-state index is 6.18. The van der Waals surface area contributed by atoms with Crippen molar-refractivity contribution < 1.29 is 0 Å². The fraction of sp³-hybridized carbons (Fsp3) is 0.750. The van der Waals surface area contributed by atoms with Gasteiger partial charge in [0.1, 0.15) is 0 Å². The summed E-state index contributed by atoms with van der Waals surface area (Å²) in [4.78, 5) is 0. The second-order valence-electron chi connectivity index (χ2n) is 5.38. The van der Waals surface area contributed by atoms with Gasteiger partial charge in [-0.1, -0.05) is 0 Å². The molecule has 2 aliphatic carbocycles. The summed E-state index contributed by atoms with van der Waals surface area (Å²) < 4.78 is 2.04. The molecule has 0 saturated heterocycles. The topological polar surface area (TPSA) is 43.8 Å². The molecule has 0 aliphatic heterocycles. The number of aromatic nitrogens is 2. The van der Waals surface area contributed by atoms with E-state index in [0.29, 0.717) is 11.3 Å². The normalized spacial score (nSPS) is 28.9. The van der Waals surface area contributed by atoms with Gasteiger partial charge >= 0.3 is 0 Å². The van der Waals surface area contributed by atoms with Gasteiger partial charge in [-0.3, -0.25) is 4.68 Å². The SMILES string of the molecule is CC(N)C1c2c(cnn2C)CCC12CC2. The van der Waals surface area contributed by atoms with Gasteiger partial charge in [0.05, 0.1) is 6.20 Å². The van der Waals surface area contributed by atoms with E-state index >= 15 is 0 Å². The quantitative estimate of drug-likeness (QED) is 0.756. The highest BCUT2D eigenvalue weighted by atomic mass is 15.3. The predicted molar refractivity (Wildman–Crippen MR) is 59.6 cm³/mol. The van der Waals surface area contributed by atoms with Gasteiger partial charge in [0, 0.05) is 24.7 Å². The van der Waals surface area contributed by atoms with Crippen LogP contribution in [0.2, 0.25) is 0 Å². The van der Waals surface area contributed by atoms with Crippen molar-refractivity contribution in [2.24, 2.45) is 18.2 Å². The molecule has 1 aromatic rings. The number of hydrogen-bond acceptors (Lipinski definition) is 2. The van der Waals surface area contributed by atoms with E-state index in [2.05, 4.69) is 19.1 Å². The van der Waals surface area contributed by atoms with Crippen LogP contribution in [0.4, 0.5) is 0 Å². The van der Waals surface area contributed by atoms with E-state index in [1.807, 2.05) is 10.9 Å². The van der Waals surface area contributed by atoms with Gasteiger partial charge < -0.3 is 5.73 Å². The van der Waals surface area contributed by atoms with Crippen molar-refractivity contribution in [1.82, 2.24) is 9.78 Å². The van der Waals surface area contributed by atoms with Crippen LogP contribution in [0.5, 0.6) is 0 Å². The van der Waals surface area contributed by atoms with Crippen molar-refractivity contribution in [3.63, 3.8) is 0 Å². The molecule has 2 unspecified atom stereocenters. The minimum Gasteiger partial charge on any atom is -0.327 e. The lowest BCUT2D eigenvalue weighted by Gasteiger charge is -2.35. The maximum atomic E-state index is 6.18. The first-order valence-electron chi connectivity index (χ1n) is 5.90. The third kappa shape index (κ3) is 1.19. The number of nitrogens with two attached hydrogens (primary N) is 1. The van der Waals surface area contributed by atoms with Crippen LogP contribution in [-0.2, 0) is 13.5 Å². The van der Waals surface area contributed by atoms with E-state index in [0.717, 1.165) is 0 Å². The van der Waals surface area contributed by atoms with Crippen molar-refractivity contribution in [3.05, 3.63) is 17.5 Å². The van der Waals surface area contributed by atoms with Crippen molar-refractivity contribution in [2.75, 3.05) is 0 Å². The van der Waals surface area contributed by atoms with Crippen LogP contribution in [0.3, 0.4) is 0 Å². The first-order valence-corrected chi connectivity index (χ1v) is 5.90. The molecule has 0 aromatic carbocycles. The Morgan fingerprint density at radius 1 is 1.53 bits per heavy atom. The van der Waals surface area contributed by atoms with Crippen LogP contribution >= 0.6 is 0 Å². The number of rotatable bonds is 1. The molecule has 1 saturated carbocycles. The molecule has 0 amide bonds. The van der Waals surface area contributed by atoms with E-state index in [9.17, 15) is 0 Å². The van der Waals surface area contributed by atoms with Gasteiger partial charge in [0.15, 0.2) is 0 Å². The molecule has 3 heteroatoms. The van der Waals surface area contributed by atoms with Crippen LogP contribution in [0.25, 0.3) is 0 Å². The molecular formula is C12H19N3. The average Bonchev–Trinajstić information content (AvgIpc) is 2.85. The highest BCUT2D eigenvalue weighted by Gasteiger charge is 2.54. The van der Waals surface area contributed by atoms with Crippen LogP contribution < -0.4 is 5.73 Å². The molecule has 3 nitrogen and oxygen atoms in total. The first-order chi connectivity index (χ1) is 7.14. The number of aryl methyl sites for hydroxylation is 2. The summed E-state index contributed by atoms with van der Waals surface area (Å²) in [7, 11) is 2.05. The van der Waals surface area contributed by atoms with Gasteiger partial charge in [-0.15, -0.1) is 0 Å². The Labute approximate surface area is 90.7 Å². The second-order valence-corrected chi connectivity index (χ2v) is 5.38. The summed E-state index contributed by atoms with van der Waals surface area (Å²) in [6, 6.07) is 0.252. The van der Waals surface area contributed by atoms with E-state index in [1.54, 1.807) is 0 Å². The van der Waals surface area contributed by atoms with Crippen LogP contribution in [0, 0.1) is 5.41 Å². The molecule has 1 aromatic heterocycles. The van der Waals surface area contributed by atoms with Gasteiger partial charge in [0.25, 0.3) is 0 Å². The Bertz CT molecular complexity index is 388. The lowest BCUT2D eigenvalue weighted by molar-refractivity contribution is 0.299. The molecule has 3 rings (SSSR count). The van der Waals surface area contributed by atoms with Crippen molar-refractivity contribution in [1.29, 1.82) is 0 Å². The molecule has 1 fully saturated rings. The zero-order chi connectivity index (χ0) is 10.6. The Kier molecular flexibility index (Phi) is 1.78. The summed E-state index contributed by atoms with van der Waals surface area (Å²) in [5.74, 6) is 0.536. The Morgan fingerprint density at radius 3 is 2.87 bits per heavy atom. The third-order valence-corrected chi connectivity index (χ3v) is 4.33. The lowest BCUT2D eigenvalue weighted by atomic mass is 9.72. The maximum Gasteiger partial charge on any atom is 0.0524 e. The minimum atomic E-state index is 0.252. The molecular weight excluding hydrogens is 186 g/mol. The number of nitrogens with zero attached hydrogens (tertiary/aromatic N) is 2. The summed E-state index contributed by atoms with van der Waals surface area (Å²) >= 11 is 0.